The summed E-state index contributed by atoms with van der Waals surface area (Å²) in [6.07, 6.45) is 0. The zero-order valence-electron chi connectivity index (χ0n) is 15.6. The van der Waals surface area contributed by atoms with E-state index >= 15 is 0 Å². The lowest BCUT2D eigenvalue weighted by atomic mass is 10.1. The Labute approximate surface area is 161 Å². The van der Waals surface area contributed by atoms with E-state index in [9.17, 15) is 22.8 Å². The first-order chi connectivity index (χ1) is 12.4. The molecule has 1 aromatic rings. The molecule has 0 saturated carbocycles. The zero-order valence-corrected chi connectivity index (χ0v) is 16.4. The summed E-state index contributed by atoms with van der Waals surface area (Å²) in [4.78, 5) is 28.2. The van der Waals surface area contributed by atoms with Gasteiger partial charge < -0.3 is 10.2 Å². The second-order valence-corrected chi connectivity index (χ2v) is 8.58. The molecule has 1 aliphatic rings. The average molecular weight is 403 g/mol. The monoisotopic (exact) mass is 403 g/mol. The van der Waals surface area contributed by atoms with Gasteiger partial charge >= 0.3 is 5.51 Å². The fourth-order valence-corrected chi connectivity index (χ4v) is 3.29. The van der Waals surface area contributed by atoms with Crippen molar-refractivity contribution in [2.75, 3.05) is 32.7 Å². The smallest absolute Gasteiger partial charge is 0.350 e. The van der Waals surface area contributed by atoms with Crippen LogP contribution in [0.4, 0.5) is 13.2 Å². The predicted octanol–water partition coefficient (Wildman–Crippen LogP) is 2.97. The molecule has 0 bridgehead atoms. The third kappa shape index (κ3) is 7.42. The highest BCUT2D eigenvalue weighted by atomic mass is 32.2. The number of hydrogen-bond donors (Lipinski definition) is 1. The molecular formula is C18H24F3N3O2S. The average Bonchev–Trinajstić information content (AvgIpc) is 2.52. The van der Waals surface area contributed by atoms with E-state index in [4.69, 9.17) is 0 Å². The Morgan fingerprint density at radius 1 is 1.04 bits per heavy atom. The fraction of sp³-hybridized carbons (Fsp3) is 0.556. The van der Waals surface area contributed by atoms with Crippen LogP contribution in [0.15, 0.2) is 29.2 Å². The van der Waals surface area contributed by atoms with E-state index < -0.39 is 5.51 Å². The molecule has 27 heavy (non-hydrogen) atoms. The quantitative estimate of drug-likeness (QED) is 0.786. The van der Waals surface area contributed by atoms with Gasteiger partial charge in [-0.2, -0.15) is 13.2 Å². The third-order valence-corrected chi connectivity index (χ3v) is 4.62. The van der Waals surface area contributed by atoms with Crippen molar-refractivity contribution in [1.82, 2.24) is 15.1 Å². The highest BCUT2D eigenvalue weighted by Crippen LogP contribution is 2.36. The minimum absolute atomic E-state index is 0.0498. The van der Waals surface area contributed by atoms with Crippen LogP contribution in [0.5, 0.6) is 0 Å². The van der Waals surface area contributed by atoms with E-state index in [1.165, 1.54) is 24.3 Å². The first-order valence-corrected chi connectivity index (χ1v) is 9.43. The van der Waals surface area contributed by atoms with Crippen LogP contribution < -0.4 is 5.32 Å². The Hall–Kier alpha value is -1.74. The van der Waals surface area contributed by atoms with Gasteiger partial charge in [-0.25, -0.2) is 0 Å². The number of carbonyl (C=O) groups excluding carboxylic acids is 2. The number of alkyl halides is 3. The number of amides is 2. The van der Waals surface area contributed by atoms with Crippen LogP contribution in [0.1, 0.15) is 31.1 Å². The topological polar surface area (TPSA) is 52.7 Å². The van der Waals surface area contributed by atoms with Crippen molar-refractivity contribution in [2.45, 2.75) is 36.7 Å². The van der Waals surface area contributed by atoms with Gasteiger partial charge in [-0.3, -0.25) is 14.5 Å². The van der Waals surface area contributed by atoms with Gasteiger partial charge in [0, 0.05) is 42.2 Å². The third-order valence-electron chi connectivity index (χ3n) is 3.88. The molecular weight excluding hydrogens is 379 g/mol. The molecule has 1 aromatic carbocycles. The van der Waals surface area contributed by atoms with Gasteiger partial charge in [0.1, 0.15) is 0 Å². The van der Waals surface area contributed by atoms with Crippen LogP contribution in [0.25, 0.3) is 0 Å². The van der Waals surface area contributed by atoms with Gasteiger partial charge in [0.15, 0.2) is 0 Å². The molecule has 1 aliphatic heterocycles. The van der Waals surface area contributed by atoms with Crippen molar-refractivity contribution in [1.29, 1.82) is 0 Å². The Balaban J connectivity index is 1.85. The highest BCUT2D eigenvalue weighted by molar-refractivity contribution is 8.00. The predicted molar refractivity (Wildman–Crippen MR) is 98.6 cm³/mol. The summed E-state index contributed by atoms with van der Waals surface area (Å²) in [7, 11) is 0. The molecule has 2 amide bonds. The first kappa shape index (κ1) is 21.6. The number of nitrogens with one attached hydrogen (secondary N) is 1. The summed E-state index contributed by atoms with van der Waals surface area (Å²) in [5, 5.41) is 2.90. The lowest BCUT2D eigenvalue weighted by Crippen LogP contribution is -2.52. The minimum Gasteiger partial charge on any atom is -0.350 e. The molecule has 0 aliphatic carbocycles. The number of benzene rings is 1. The van der Waals surface area contributed by atoms with Crippen molar-refractivity contribution >= 4 is 23.6 Å². The second kappa shape index (κ2) is 8.52. The molecule has 0 unspecified atom stereocenters. The summed E-state index contributed by atoms with van der Waals surface area (Å²) >= 11 is -0.203. The van der Waals surface area contributed by atoms with E-state index in [1.807, 2.05) is 25.7 Å². The molecule has 0 atom stereocenters. The van der Waals surface area contributed by atoms with Crippen LogP contribution in [-0.2, 0) is 4.79 Å². The molecule has 2 rings (SSSR count). The number of nitrogens with zero attached hydrogens (tertiary/aromatic N) is 2. The van der Waals surface area contributed by atoms with Gasteiger partial charge in [-0.1, -0.05) is 0 Å². The highest BCUT2D eigenvalue weighted by Gasteiger charge is 2.29. The number of carbonyl (C=O) groups is 2. The lowest BCUT2D eigenvalue weighted by Gasteiger charge is -2.35. The summed E-state index contributed by atoms with van der Waals surface area (Å²) in [6, 6.07) is 5.44. The summed E-state index contributed by atoms with van der Waals surface area (Å²) in [6.45, 7) is 8.13. The molecule has 1 saturated heterocycles. The normalized spacial score (nSPS) is 16.3. The van der Waals surface area contributed by atoms with Crippen LogP contribution in [0.2, 0.25) is 0 Å². The van der Waals surface area contributed by atoms with Crippen molar-refractivity contribution in [3.8, 4) is 0 Å². The largest absolute Gasteiger partial charge is 0.446 e. The van der Waals surface area contributed by atoms with Gasteiger partial charge in [0.2, 0.25) is 5.91 Å². The Bertz CT molecular complexity index is 664. The summed E-state index contributed by atoms with van der Waals surface area (Å²) in [5.74, 6) is -0.266. The number of hydrogen-bond acceptors (Lipinski definition) is 4. The molecule has 5 nitrogen and oxygen atoms in total. The molecule has 150 valence electrons. The van der Waals surface area contributed by atoms with E-state index in [0.717, 1.165) is 0 Å². The molecule has 0 radical (unpaired) electrons. The number of piperazine rings is 1. The molecule has 1 heterocycles. The fourth-order valence-electron chi connectivity index (χ4n) is 2.75. The zero-order chi connectivity index (χ0) is 20.2. The minimum atomic E-state index is -4.35. The Morgan fingerprint density at radius 2 is 1.59 bits per heavy atom. The van der Waals surface area contributed by atoms with Gasteiger partial charge in [-0.15, -0.1) is 0 Å². The summed E-state index contributed by atoms with van der Waals surface area (Å²) < 4.78 is 37.1. The Kier molecular flexibility index (Phi) is 6.80. The molecule has 0 aromatic heterocycles. The van der Waals surface area contributed by atoms with Gasteiger partial charge in [-0.05, 0) is 56.8 Å². The van der Waals surface area contributed by atoms with Crippen molar-refractivity contribution in [2.24, 2.45) is 0 Å². The van der Waals surface area contributed by atoms with Crippen LogP contribution in [0, 0.1) is 0 Å². The maximum atomic E-state index is 12.5. The van der Waals surface area contributed by atoms with Crippen molar-refractivity contribution in [3.05, 3.63) is 29.8 Å². The van der Waals surface area contributed by atoms with E-state index in [-0.39, 0.29) is 40.6 Å². The standard InChI is InChI=1S/C18H24F3N3O2S/c1-17(2,3)22-15(25)12-23-8-10-24(11-9-23)16(26)13-4-6-14(7-5-13)27-18(19,20)21/h4-7H,8-12H2,1-3H3,(H,22,25). The Morgan fingerprint density at radius 3 is 2.07 bits per heavy atom. The number of thioether (sulfide) groups is 1. The summed E-state index contributed by atoms with van der Waals surface area (Å²) in [5.41, 5.74) is -4.27. The lowest BCUT2D eigenvalue weighted by molar-refractivity contribution is -0.124. The SMILES string of the molecule is CC(C)(C)NC(=O)CN1CCN(C(=O)c2ccc(SC(F)(F)F)cc2)CC1. The second-order valence-electron chi connectivity index (χ2n) is 7.44. The van der Waals surface area contributed by atoms with E-state index in [1.54, 1.807) is 4.90 Å². The van der Waals surface area contributed by atoms with Gasteiger partial charge in [0.25, 0.3) is 5.91 Å². The van der Waals surface area contributed by atoms with Crippen LogP contribution in [-0.4, -0.2) is 65.4 Å². The molecule has 1 N–H and O–H groups in total. The first-order valence-electron chi connectivity index (χ1n) is 8.61. The van der Waals surface area contributed by atoms with Crippen LogP contribution >= 0.6 is 11.8 Å². The maximum Gasteiger partial charge on any atom is 0.446 e. The van der Waals surface area contributed by atoms with E-state index in [2.05, 4.69) is 5.32 Å². The van der Waals surface area contributed by atoms with Crippen molar-refractivity contribution < 1.29 is 22.8 Å². The molecule has 1 fully saturated rings. The number of rotatable bonds is 4. The van der Waals surface area contributed by atoms with E-state index in [0.29, 0.717) is 31.7 Å². The molecule has 0 spiro atoms. The van der Waals surface area contributed by atoms with Gasteiger partial charge in [0.05, 0.1) is 6.54 Å². The number of halogens is 3. The van der Waals surface area contributed by atoms with Crippen LogP contribution in [0.3, 0.4) is 0 Å². The maximum absolute atomic E-state index is 12.5. The molecule has 9 heteroatoms. The van der Waals surface area contributed by atoms with Crippen molar-refractivity contribution in [3.63, 3.8) is 0 Å².